The summed E-state index contributed by atoms with van der Waals surface area (Å²) in [6.45, 7) is 3.74. The zero-order valence-electron chi connectivity index (χ0n) is 10.1. The van der Waals surface area contributed by atoms with Gasteiger partial charge in [0, 0.05) is 33.7 Å². The second kappa shape index (κ2) is 5.27. The van der Waals surface area contributed by atoms with Gasteiger partial charge in [-0.1, -0.05) is 0 Å². The topological polar surface area (TPSA) is 78.7 Å². The quantitative estimate of drug-likeness (QED) is 0.599. The van der Waals surface area contributed by atoms with Gasteiger partial charge in [-0.2, -0.15) is 0 Å². The third-order valence-electron chi connectivity index (χ3n) is 2.92. The number of likely N-dealkylation sites (N-methyl/N-ethyl adjacent to an activating group) is 1. The van der Waals surface area contributed by atoms with Gasteiger partial charge in [0.2, 0.25) is 11.8 Å². The fourth-order valence-electron chi connectivity index (χ4n) is 1.87. The van der Waals surface area contributed by atoms with E-state index < -0.39 is 11.9 Å². The van der Waals surface area contributed by atoms with Crippen molar-refractivity contribution >= 4 is 11.8 Å². The van der Waals surface area contributed by atoms with Crippen molar-refractivity contribution < 1.29 is 9.59 Å². The van der Waals surface area contributed by atoms with Crippen LogP contribution in [0.5, 0.6) is 0 Å². The van der Waals surface area contributed by atoms with Crippen molar-refractivity contribution in [3.63, 3.8) is 0 Å². The molecule has 0 saturated carbocycles. The molecule has 0 aromatic rings. The average Bonchev–Trinajstić information content (AvgIpc) is 2.26. The summed E-state index contributed by atoms with van der Waals surface area (Å²) in [6, 6.07) is -0.706. The van der Waals surface area contributed by atoms with E-state index in [1.165, 1.54) is 0 Å². The maximum Gasteiger partial charge on any atom is 0.240 e. The second-order valence-corrected chi connectivity index (χ2v) is 4.27. The molecule has 0 aliphatic carbocycles. The van der Waals surface area contributed by atoms with Crippen LogP contribution in [0, 0.1) is 0 Å². The molecule has 2 unspecified atom stereocenters. The van der Waals surface area contributed by atoms with Crippen molar-refractivity contribution in [3.8, 4) is 0 Å². The number of hydrogen-bond donors (Lipinski definition) is 2. The first kappa shape index (κ1) is 12.9. The second-order valence-electron chi connectivity index (χ2n) is 4.27. The van der Waals surface area contributed by atoms with E-state index in [4.69, 9.17) is 5.73 Å². The number of nitrogens with zero attached hydrogens (tertiary/aromatic N) is 2. The lowest BCUT2D eigenvalue weighted by molar-refractivity contribution is -0.138. The van der Waals surface area contributed by atoms with Gasteiger partial charge in [-0.3, -0.25) is 14.5 Å². The molecule has 92 valence electrons. The highest BCUT2D eigenvalue weighted by molar-refractivity contribution is 5.84. The number of carbonyl (C=O) groups excluding carboxylic acids is 2. The van der Waals surface area contributed by atoms with E-state index in [0.717, 1.165) is 6.54 Å². The highest BCUT2D eigenvalue weighted by Crippen LogP contribution is 2.10. The van der Waals surface area contributed by atoms with E-state index >= 15 is 0 Å². The Hall–Kier alpha value is -1.14. The number of hydrogen-bond acceptors (Lipinski definition) is 4. The lowest BCUT2D eigenvalue weighted by atomic mass is 10.1. The molecular weight excluding hydrogens is 208 g/mol. The highest BCUT2D eigenvalue weighted by Gasteiger charge is 2.34. The molecule has 0 aromatic heterocycles. The summed E-state index contributed by atoms with van der Waals surface area (Å²) in [5, 5.41) is 3.15. The molecule has 3 N–H and O–H groups in total. The van der Waals surface area contributed by atoms with Crippen LogP contribution >= 0.6 is 0 Å². The predicted molar refractivity (Wildman–Crippen MR) is 60.7 cm³/mol. The first-order valence-electron chi connectivity index (χ1n) is 5.42. The molecule has 6 heteroatoms. The predicted octanol–water partition coefficient (Wildman–Crippen LogP) is -1.78. The first-order valence-corrected chi connectivity index (χ1v) is 5.42. The lowest BCUT2D eigenvalue weighted by Gasteiger charge is -2.38. The number of nitrogens with two attached hydrogens (primary N) is 1. The van der Waals surface area contributed by atoms with Gasteiger partial charge in [-0.25, -0.2) is 0 Å². The number of carbonyl (C=O) groups is 2. The highest BCUT2D eigenvalue weighted by atomic mass is 16.2. The smallest absolute Gasteiger partial charge is 0.240 e. The van der Waals surface area contributed by atoms with Crippen molar-refractivity contribution in [2.45, 2.75) is 19.0 Å². The van der Waals surface area contributed by atoms with Crippen molar-refractivity contribution in [1.29, 1.82) is 0 Å². The van der Waals surface area contributed by atoms with Crippen LogP contribution in [0.4, 0.5) is 0 Å². The van der Waals surface area contributed by atoms with Crippen LogP contribution < -0.4 is 11.1 Å². The maximum atomic E-state index is 11.9. The van der Waals surface area contributed by atoms with E-state index in [9.17, 15) is 9.59 Å². The number of nitrogens with one attached hydrogen (secondary N) is 1. The van der Waals surface area contributed by atoms with Crippen LogP contribution in [0.3, 0.4) is 0 Å². The van der Waals surface area contributed by atoms with Crippen molar-refractivity contribution in [2.24, 2.45) is 5.73 Å². The maximum absolute atomic E-state index is 11.9. The Morgan fingerprint density at radius 3 is 2.62 bits per heavy atom. The molecule has 0 aromatic carbocycles. The molecular formula is C10H20N4O2. The summed E-state index contributed by atoms with van der Waals surface area (Å²) in [7, 11) is 3.42. The molecule has 16 heavy (non-hydrogen) atoms. The minimum absolute atomic E-state index is 0.000278. The van der Waals surface area contributed by atoms with Crippen molar-refractivity contribution in [1.82, 2.24) is 15.1 Å². The summed E-state index contributed by atoms with van der Waals surface area (Å²) in [5.41, 5.74) is 5.28. The fraction of sp³-hybridized carbons (Fsp3) is 0.800. The minimum Gasteiger partial charge on any atom is -0.368 e. The monoisotopic (exact) mass is 228 g/mol. The molecule has 1 aliphatic heterocycles. The van der Waals surface area contributed by atoms with E-state index in [1.54, 1.807) is 25.9 Å². The summed E-state index contributed by atoms with van der Waals surface area (Å²) < 4.78 is 0. The van der Waals surface area contributed by atoms with E-state index in [2.05, 4.69) is 5.32 Å². The number of rotatable bonds is 3. The fourth-order valence-corrected chi connectivity index (χ4v) is 1.87. The van der Waals surface area contributed by atoms with Crippen molar-refractivity contribution in [2.75, 3.05) is 33.7 Å². The van der Waals surface area contributed by atoms with Gasteiger partial charge in [0.25, 0.3) is 0 Å². The number of amides is 2. The van der Waals surface area contributed by atoms with Crippen LogP contribution in [0.2, 0.25) is 0 Å². The van der Waals surface area contributed by atoms with Gasteiger partial charge in [-0.15, -0.1) is 0 Å². The third-order valence-corrected chi connectivity index (χ3v) is 2.92. The Balaban J connectivity index is 2.78. The molecule has 6 nitrogen and oxygen atoms in total. The lowest BCUT2D eigenvalue weighted by Crippen LogP contribution is -2.62. The Bertz CT molecular complexity index is 280. The summed E-state index contributed by atoms with van der Waals surface area (Å²) in [4.78, 5) is 26.5. The molecule has 1 heterocycles. The van der Waals surface area contributed by atoms with Crippen molar-refractivity contribution in [3.05, 3.63) is 0 Å². The van der Waals surface area contributed by atoms with Gasteiger partial charge in [-0.05, 0) is 6.92 Å². The SMILES string of the molecule is CC(C(N)=O)N1CCNCC1C(=O)N(C)C. The Morgan fingerprint density at radius 1 is 1.50 bits per heavy atom. The van der Waals surface area contributed by atoms with Gasteiger partial charge in [0.15, 0.2) is 0 Å². The van der Waals surface area contributed by atoms with Gasteiger partial charge in [0.05, 0.1) is 6.04 Å². The molecule has 0 bridgehead atoms. The zero-order valence-corrected chi connectivity index (χ0v) is 10.1. The molecule has 0 radical (unpaired) electrons. The molecule has 0 spiro atoms. The van der Waals surface area contributed by atoms with Crippen LogP contribution in [0.15, 0.2) is 0 Å². The largest absolute Gasteiger partial charge is 0.368 e. The van der Waals surface area contributed by atoms with E-state index in [-0.39, 0.29) is 11.9 Å². The molecule has 2 atom stereocenters. The third kappa shape index (κ3) is 2.70. The Kier molecular flexibility index (Phi) is 4.26. The number of piperazine rings is 1. The van der Waals surface area contributed by atoms with Gasteiger partial charge < -0.3 is 16.0 Å². The summed E-state index contributed by atoms with van der Waals surface area (Å²) in [6.07, 6.45) is 0. The van der Waals surface area contributed by atoms with Crippen LogP contribution in [0.25, 0.3) is 0 Å². The molecule has 2 amide bonds. The first-order chi connectivity index (χ1) is 7.45. The van der Waals surface area contributed by atoms with Crippen LogP contribution in [-0.4, -0.2) is 67.4 Å². The van der Waals surface area contributed by atoms with Crippen LogP contribution in [0.1, 0.15) is 6.92 Å². The van der Waals surface area contributed by atoms with E-state index in [1.807, 2.05) is 4.90 Å². The standard InChI is InChI=1S/C10H20N4O2/c1-7(9(11)15)14-5-4-12-6-8(14)10(16)13(2)3/h7-8,12H,4-6H2,1-3H3,(H2,11,15). The normalized spacial score (nSPS) is 23.8. The zero-order chi connectivity index (χ0) is 12.3. The summed E-state index contributed by atoms with van der Waals surface area (Å²) >= 11 is 0. The Morgan fingerprint density at radius 2 is 2.12 bits per heavy atom. The summed E-state index contributed by atoms with van der Waals surface area (Å²) in [5.74, 6) is -0.390. The molecule has 1 rings (SSSR count). The Labute approximate surface area is 95.8 Å². The molecule has 1 aliphatic rings. The van der Waals surface area contributed by atoms with E-state index in [0.29, 0.717) is 13.1 Å². The molecule has 1 saturated heterocycles. The molecule has 1 fully saturated rings. The van der Waals surface area contributed by atoms with Crippen LogP contribution in [-0.2, 0) is 9.59 Å². The van der Waals surface area contributed by atoms with Gasteiger partial charge in [0.1, 0.15) is 6.04 Å². The minimum atomic E-state index is -0.406. The number of primary amides is 1. The average molecular weight is 228 g/mol. The van der Waals surface area contributed by atoms with Gasteiger partial charge >= 0.3 is 0 Å².